The third-order valence-electron chi connectivity index (χ3n) is 5.29. The number of amides is 1. The SMILES string of the molecule is CN(C)c1nc2sc(C(=O)N3CCN(Cc4csc(-c5ccccc5)n4)CC3)cc2s1. The Kier molecular flexibility index (Phi) is 5.75. The maximum absolute atomic E-state index is 13.0. The molecule has 5 rings (SSSR count). The van der Waals surface area contributed by atoms with Crippen molar-refractivity contribution in [2.24, 2.45) is 0 Å². The monoisotopic (exact) mass is 469 g/mol. The number of carbonyl (C=O) groups is 1. The first-order valence-corrected chi connectivity index (χ1v) is 12.7. The summed E-state index contributed by atoms with van der Waals surface area (Å²) in [6, 6.07) is 12.3. The van der Waals surface area contributed by atoms with Crippen molar-refractivity contribution in [2.45, 2.75) is 6.54 Å². The van der Waals surface area contributed by atoms with Gasteiger partial charge in [-0.15, -0.1) is 22.7 Å². The first-order valence-electron chi connectivity index (χ1n) is 10.2. The standard InChI is InChI=1S/C22H23N5OS3/c1-25(2)22-24-20-17(31-22)12-18(30-20)21(28)27-10-8-26(9-11-27)13-16-14-29-19(23-16)15-6-4-3-5-7-15/h3-7,12,14H,8-11,13H2,1-2H3. The van der Waals surface area contributed by atoms with Crippen molar-refractivity contribution in [1.82, 2.24) is 19.8 Å². The Hall–Kier alpha value is -2.33. The molecule has 1 amide bonds. The van der Waals surface area contributed by atoms with E-state index in [0.29, 0.717) is 0 Å². The number of carbonyl (C=O) groups excluding carboxylic acids is 1. The van der Waals surface area contributed by atoms with Gasteiger partial charge in [0.2, 0.25) is 0 Å². The van der Waals surface area contributed by atoms with Gasteiger partial charge < -0.3 is 9.80 Å². The van der Waals surface area contributed by atoms with Crippen molar-refractivity contribution in [3.63, 3.8) is 0 Å². The molecule has 1 saturated heterocycles. The minimum Gasteiger partial charge on any atom is -0.354 e. The first kappa shape index (κ1) is 20.6. The van der Waals surface area contributed by atoms with Gasteiger partial charge >= 0.3 is 0 Å². The molecular weight excluding hydrogens is 446 g/mol. The minimum atomic E-state index is 0.126. The van der Waals surface area contributed by atoms with E-state index in [1.807, 2.05) is 48.2 Å². The van der Waals surface area contributed by atoms with Gasteiger partial charge in [-0.2, -0.15) is 0 Å². The van der Waals surface area contributed by atoms with Gasteiger partial charge in [-0.25, -0.2) is 9.97 Å². The van der Waals surface area contributed by atoms with E-state index in [0.717, 1.165) is 68.5 Å². The highest BCUT2D eigenvalue weighted by atomic mass is 32.1. The molecule has 1 fully saturated rings. The Bertz CT molecular complexity index is 1160. The summed E-state index contributed by atoms with van der Waals surface area (Å²) in [6.07, 6.45) is 0. The van der Waals surface area contributed by atoms with Gasteiger partial charge in [0.15, 0.2) is 5.13 Å². The zero-order chi connectivity index (χ0) is 21.4. The molecule has 0 bridgehead atoms. The van der Waals surface area contributed by atoms with E-state index in [1.165, 1.54) is 11.3 Å². The number of benzene rings is 1. The highest BCUT2D eigenvalue weighted by molar-refractivity contribution is 7.29. The summed E-state index contributed by atoms with van der Waals surface area (Å²) in [5.74, 6) is 0.126. The quantitative estimate of drug-likeness (QED) is 0.431. The minimum absolute atomic E-state index is 0.126. The summed E-state index contributed by atoms with van der Waals surface area (Å²) in [5.41, 5.74) is 2.27. The molecule has 0 aliphatic carbocycles. The number of nitrogens with zero attached hydrogens (tertiary/aromatic N) is 5. The Morgan fingerprint density at radius 2 is 1.84 bits per heavy atom. The van der Waals surface area contributed by atoms with Crippen LogP contribution in [0.25, 0.3) is 20.1 Å². The van der Waals surface area contributed by atoms with Crippen molar-refractivity contribution in [3.05, 3.63) is 52.3 Å². The zero-order valence-electron chi connectivity index (χ0n) is 17.4. The topological polar surface area (TPSA) is 52.6 Å². The molecule has 3 aromatic heterocycles. The Balaban J connectivity index is 1.18. The average Bonchev–Trinajstić information content (AvgIpc) is 3.49. The lowest BCUT2D eigenvalue weighted by molar-refractivity contribution is 0.0632. The molecule has 0 spiro atoms. The van der Waals surface area contributed by atoms with Crippen LogP contribution in [-0.2, 0) is 6.54 Å². The third-order valence-corrected chi connectivity index (χ3v) is 8.55. The molecule has 0 saturated carbocycles. The van der Waals surface area contributed by atoms with Crippen LogP contribution in [0.1, 0.15) is 15.4 Å². The van der Waals surface area contributed by atoms with Crippen molar-refractivity contribution >= 4 is 54.6 Å². The lowest BCUT2D eigenvalue weighted by Gasteiger charge is -2.34. The van der Waals surface area contributed by atoms with E-state index < -0.39 is 0 Å². The summed E-state index contributed by atoms with van der Waals surface area (Å²) in [7, 11) is 3.98. The molecule has 1 aromatic carbocycles. The van der Waals surface area contributed by atoms with Gasteiger partial charge in [-0.1, -0.05) is 41.7 Å². The van der Waals surface area contributed by atoms with Crippen molar-refractivity contribution in [1.29, 1.82) is 0 Å². The van der Waals surface area contributed by atoms with Crippen LogP contribution in [-0.4, -0.2) is 65.9 Å². The smallest absolute Gasteiger partial charge is 0.264 e. The van der Waals surface area contributed by atoms with Gasteiger partial charge in [0.1, 0.15) is 9.84 Å². The van der Waals surface area contributed by atoms with Crippen LogP contribution in [0.2, 0.25) is 0 Å². The Morgan fingerprint density at radius 3 is 2.55 bits per heavy atom. The predicted molar refractivity (Wildman–Crippen MR) is 131 cm³/mol. The van der Waals surface area contributed by atoms with Crippen LogP contribution in [0.4, 0.5) is 5.13 Å². The second-order valence-corrected chi connectivity index (χ2v) is 10.6. The van der Waals surface area contributed by atoms with E-state index in [9.17, 15) is 4.79 Å². The fourth-order valence-corrected chi connectivity index (χ4v) is 6.53. The molecule has 4 aromatic rings. The van der Waals surface area contributed by atoms with Crippen LogP contribution in [0.3, 0.4) is 0 Å². The summed E-state index contributed by atoms with van der Waals surface area (Å²) in [6.45, 7) is 4.06. The van der Waals surface area contributed by atoms with Gasteiger partial charge in [-0.3, -0.25) is 9.69 Å². The van der Waals surface area contributed by atoms with Crippen LogP contribution >= 0.6 is 34.0 Å². The molecule has 0 radical (unpaired) electrons. The maximum atomic E-state index is 13.0. The van der Waals surface area contributed by atoms with Gasteiger partial charge in [0, 0.05) is 57.8 Å². The average molecular weight is 470 g/mol. The van der Waals surface area contributed by atoms with Crippen LogP contribution in [0.5, 0.6) is 0 Å². The Labute approximate surface area is 193 Å². The third kappa shape index (κ3) is 4.36. The molecule has 0 atom stereocenters. The first-order chi connectivity index (χ1) is 15.1. The largest absolute Gasteiger partial charge is 0.354 e. The fraction of sp³-hybridized carbons (Fsp3) is 0.318. The van der Waals surface area contributed by atoms with Crippen molar-refractivity contribution in [2.75, 3.05) is 45.2 Å². The molecule has 1 aliphatic heterocycles. The highest BCUT2D eigenvalue weighted by Crippen LogP contribution is 2.34. The van der Waals surface area contributed by atoms with Crippen LogP contribution in [0, 0.1) is 0 Å². The number of fused-ring (bicyclic) bond motifs is 1. The number of hydrogen-bond acceptors (Lipinski definition) is 8. The number of hydrogen-bond donors (Lipinski definition) is 0. The maximum Gasteiger partial charge on any atom is 0.264 e. The molecule has 1 aliphatic rings. The molecule has 160 valence electrons. The lowest BCUT2D eigenvalue weighted by atomic mass is 10.2. The molecular formula is C22H23N5OS3. The second-order valence-electron chi connectivity index (χ2n) is 7.75. The number of piperazine rings is 1. The zero-order valence-corrected chi connectivity index (χ0v) is 19.9. The lowest BCUT2D eigenvalue weighted by Crippen LogP contribution is -2.48. The van der Waals surface area contributed by atoms with Gasteiger partial charge in [0.05, 0.1) is 15.3 Å². The molecule has 0 N–H and O–H groups in total. The number of anilines is 1. The summed E-state index contributed by atoms with van der Waals surface area (Å²) in [4.78, 5) is 30.5. The van der Waals surface area contributed by atoms with E-state index >= 15 is 0 Å². The van der Waals surface area contributed by atoms with E-state index in [-0.39, 0.29) is 5.91 Å². The molecule has 9 heteroatoms. The van der Waals surface area contributed by atoms with Crippen LogP contribution < -0.4 is 4.90 Å². The van der Waals surface area contributed by atoms with Gasteiger partial charge in [-0.05, 0) is 6.07 Å². The molecule has 4 heterocycles. The molecule has 6 nitrogen and oxygen atoms in total. The van der Waals surface area contributed by atoms with Crippen molar-refractivity contribution < 1.29 is 4.79 Å². The van der Waals surface area contributed by atoms with Gasteiger partial charge in [0.25, 0.3) is 5.91 Å². The van der Waals surface area contributed by atoms with E-state index in [1.54, 1.807) is 22.7 Å². The Morgan fingerprint density at radius 1 is 1.06 bits per heavy atom. The highest BCUT2D eigenvalue weighted by Gasteiger charge is 2.25. The predicted octanol–water partition coefficient (Wildman–Crippen LogP) is 4.51. The summed E-state index contributed by atoms with van der Waals surface area (Å²) < 4.78 is 1.09. The number of aromatic nitrogens is 2. The number of thiazole rings is 2. The molecule has 0 unspecified atom stereocenters. The van der Waals surface area contributed by atoms with E-state index in [2.05, 4.69) is 27.4 Å². The summed E-state index contributed by atoms with van der Waals surface area (Å²) >= 11 is 4.82. The van der Waals surface area contributed by atoms with Crippen LogP contribution in [0.15, 0.2) is 41.8 Å². The van der Waals surface area contributed by atoms with E-state index in [4.69, 9.17) is 4.98 Å². The fourth-order valence-electron chi connectivity index (χ4n) is 3.61. The summed E-state index contributed by atoms with van der Waals surface area (Å²) in [5, 5.41) is 4.19. The molecule has 31 heavy (non-hydrogen) atoms. The number of thiophene rings is 1. The second kappa shape index (κ2) is 8.66. The van der Waals surface area contributed by atoms with Crippen molar-refractivity contribution in [3.8, 4) is 10.6 Å². The number of rotatable bonds is 5. The normalized spacial score (nSPS) is 15.0.